The topological polar surface area (TPSA) is 131 Å². The summed E-state index contributed by atoms with van der Waals surface area (Å²) in [5, 5.41) is 11.8. The van der Waals surface area contributed by atoms with Gasteiger partial charge in [0.25, 0.3) is 5.91 Å². The van der Waals surface area contributed by atoms with Crippen LogP contribution in [0.1, 0.15) is 16.1 Å². The number of aryl methyl sites for hydroxylation is 1. The Morgan fingerprint density at radius 1 is 1.46 bits per heavy atom. The maximum absolute atomic E-state index is 12.2. The first-order valence-electron chi connectivity index (χ1n) is 6.94. The highest BCUT2D eigenvalue weighted by molar-refractivity contribution is 7.10. The number of pyridine rings is 1. The van der Waals surface area contributed by atoms with Crippen LogP contribution in [0, 0.1) is 6.92 Å². The number of likely N-dealkylation sites (N-methyl/N-ethyl adjacent to an activating group) is 1. The average molecular weight is 351 g/mol. The number of carbonyl (C=O) groups is 2. The summed E-state index contributed by atoms with van der Waals surface area (Å²) in [5.74, 6) is -0.0167. The van der Waals surface area contributed by atoms with Gasteiger partial charge in [0.2, 0.25) is 5.88 Å². The van der Waals surface area contributed by atoms with Crippen molar-refractivity contribution in [3.8, 4) is 5.88 Å². The molecule has 0 unspecified atom stereocenters. The van der Waals surface area contributed by atoms with Gasteiger partial charge in [0.05, 0.1) is 29.7 Å². The minimum Gasteiger partial charge on any atom is -0.476 e. The average Bonchev–Trinajstić information content (AvgIpc) is 2.87. The lowest BCUT2D eigenvalue weighted by Crippen LogP contribution is -2.29. The van der Waals surface area contributed by atoms with E-state index in [0.29, 0.717) is 27.8 Å². The zero-order chi connectivity index (χ0) is 17.7. The van der Waals surface area contributed by atoms with Gasteiger partial charge in [-0.1, -0.05) is 0 Å². The third kappa shape index (κ3) is 4.32. The number of amides is 2. The van der Waals surface area contributed by atoms with Crippen molar-refractivity contribution in [1.82, 2.24) is 14.3 Å². The van der Waals surface area contributed by atoms with Gasteiger partial charge in [-0.25, -0.2) is 9.78 Å². The van der Waals surface area contributed by atoms with E-state index >= 15 is 0 Å². The largest absolute Gasteiger partial charge is 0.476 e. The Bertz CT molecular complexity index is 712. The molecule has 2 amide bonds. The Hall–Kier alpha value is -2.88. The maximum Gasteiger partial charge on any atom is 0.407 e. The molecule has 0 saturated heterocycles. The Balaban J connectivity index is 1.90. The van der Waals surface area contributed by atoms with Crippen LogP contribution in [0.2, 0.25) is 0 Å². The number of rotatable bonds is 6. The molecule has 0 atom stereocenters. The molecule has 128 valence electrons. The van der Waals surface area contributed by atoms with Gasteiger partial charge in [0.15, 0.2) is 0 Å². The zero-order valence-corrected chi connectivity index (χ0v) is 14.0. The van der Waals surface area contributed by atoms with Crippen molar-refractivity contribution in [2.45, 2.75) is 6.92 Å². The summed E-state index contributed by atoms with van der Waals surface area (Å²) < 4.78 is 9.37. The van der Waals surface area contributed by atoms with E-state index in [-0.39, 0.29) is 19.1 Å². The molecular formula is C14H17N5O4S. The van der Waals surface area contributed by atoms with Gasteiger partial charge < -0.3 is 25.8 Å². The smallest absolute Gasteiger partial charge is 0.407 e. The molecule has 0 saturated carbocycles. The van der Waals surface area contributed by atoms with Gasteiger partial charge in [0.1, 0.15) is 11.6 Å². The molecule has 0 aliphatic carbocycles. The number of hydrogen-bond acceptors (Lipinski definition) is 7. The Morgan fingerprint density at radius 3 is 2.75 bits per heavy atom. The van der Waals surface area contributed by atoms with E-state index in [2.05, 4.69) is 14.7 Å². The lowest BCUT2D eigenvalue weighted by Gasteiger charge is -2.13. The number of nitrogens with one attached hydrogen (secondary N) is 1. The Kier molecular flexibility index (Phi) is 5.53. The number of anilines is 2. The van der Waals surface area contributed by atoms with Crippen LogP contribution < -0.4 is 15.8 Å². The zero-order valence-electron chi connectivity index (χ0n) is 13.1. The van der Waals surface area contributed by atoms with Crippen molar-refractivity contribution in [3.05, 3.63) is 29.6 Å². The summed E-state index contributed by atoms with van der Waals surface area (Å²) in [4.78, 5) is 28.0. The molecule has 9 nitrogen and oxygen atoms in total. The molecule has 0 aliphatic rings. The lowest BCUT2D eigenvalue weighted by atomic mass is 10.2. The number of carbonyl (C=O) groups excluding carboxylic acids is 1. The molecule has 24 heavy (non-hydrogen) atoms. The molecule has 4 N–H and O–H groups in total. The highest BCUT2D eigenvalue weighted by Gasteiger charge is 2.16. The molecule has 0 aliphatic heterocycles. The van der Waals surface area contributed by atoms with Gasteiger partial charge in [-0.3, -0.25) is 4.79 Å². The summed E-state index contributed by atoms with van der Waals surface area (Å²) in [7, 11) is 1.45. The monoisotopic (exact) mass is 351 g/mol. The molecular weight excluding hydrogens is 334 g/mol. The van der Waals surface area contributed by atoms with E-state index in [4.69, 9.17) is 15.6 Å². The number of carboxylic acid groups (broad SMARTS) is 1. The normalized spacial score (nSPS) is 10.2. The molecule has 2 aromatic heterocycles. The van der Waals surface area contributed by atoms with Gasteiger partial charge in [-0.05, 0) is 24.5 Å². The van der Waals surface area contributed by atoms with Crippen LogP contribution >= 0.6 is 11.5 Å². The quantitative estimate of drug-likeness (QED) is 0.721. The van der Waals surface area contributed by atoms with Gasteiger partial charge >= 0.3 is 6.09 Å². The third-order valence-corrected chi connectivity index (χ3v) is 3.88. The molecule has 2 aromatic rings. The van der Waals surface area contributed by atoms with Gasteiger partial charge in [-0.15, -0.1) is 0 Å². The fraction of sp³-hybridized carbons (Fsp3) is 0.286. The predicted molar refractivity (Wildman–Crippen MR) is 89.6 cm³/mol. The van der Waals surface area contributed by atoms with E-state index < -0.39 is 6.09 Å². The molecule has 0 aromatic carbocycles. The van der Waals surface area contributed by atoms with Crippen LogP contribution in [0.3, 0.4) is 0 Å². The highest BCUT2D eigenvalue weighted by Crippen LogP contribution is 2.22. The summed E-state index contributed by atoms with van der Waals surface area (Å²) in [6.45, 7) is 2.11. The molecule has 0 bridgehead atoms. The summed E-state index contributed by atoms with van der Waals surface area (Å²) in [6.07, 6.45) is 0.418. The number of nitrogen functional groups attached to an aromatic ring is 1. The number of nitrogens with zero attached hydrogens (tertiary/aromatic N) is 3. The van der Waals surface area contributed by atoms with E-state index in [1.54, 1.807) is 19.1 Å². The minimum absolute atomic E-state index is 0.178. The fourth-order valence-electron chi connectivity index (χ4n) is 1.78. The van der Waals surface area contributed by atoms with Crippen LogP contribution in [-0.2, 0) is 0 Å². The minimum atomic E-state index is -1.03. The van der Waals surface area contributed by atoms with E-state index in [1.807, 2.05) is 0 Å². The first kappa shape index (κ1) is 17.5. The van der Waals surface area contributed by atoms with Crippen LogP contribution in [0.5, 0.6) is 5.88 Å². The Labute approximate surface area is 142 Å². The first-order chi connectivity index (χ1) is 11.4. The van der Waals surface area contributed by atoms with Crippen molar-refractivity contribution < 1.29 is 19.4 Å². The summed E-state index contributed by atoms with van der Waals surface area (Å²) >= 11 is 1.07. The van der Waals surface area contributed by atoms with E-state index in [9.17, 15) is 9.59 Å². The SMILES string of the molecule is Cc1nsc(N)c1C(=O)Nc1ccc(OCCN(C)C(=O)O)nc1. The number of nitrogens with two attached hydrogens (primary N) is 1. The predicted octanol–water partition coefficient (Wildman–Crippen LogP) is 1.67. The molecule has 0 radical (unpaired) electrons. The van der Waals surface area contributed by atoms with Crippen LogP contribution in [0.25, 0.3) is 0 Å². The van der Waals surface area contributed by atoms with Crippen LogP contribution in [0.15, 0.2) is 18.3 Å². The second kappa shape index (κ2) is 7.59. The molecule has 0 fully saturated rings. The summed E-state index contributed by atoms with van der Waals surface area (Å²) in [5.41, 5.74) is 7.15. The standard InChI is InChI=1S/C14H17N5O4S/c1-8-11(12(15)24-18-8)13(20)17-9-3-4-10(16-7-9)23-6-5-19(2)14(21)22/h3-4,7H,5-6,15H2,1-2H3,(H,17,20)(H,21,22). The van der Waals surface area contributed by atoms with Crippen LogP contribution in [-0.4, -0.2) is 51.6 Å². The Morgan fingerprint density at radius 2 is 2.21 bits per heavy atom. The lowest BCUT2D eigenvalue weighted by molar-refractivity contribution is 0.102. The molecule has 10 heteroatoms. The first-order valence-corrected chi connectivity index (χ1v) is 7.72. The van der Waals surface area contributed by atoms with Gasteiger partial charge in [-0.2, -0.15) is 4.37 Å². The fourth-order valence-corrected chi connectivity index (χ4v) is 2.44. The van der Waals surface area contributed by atoms with E-state index in [0.717, 1.165) is 16.4 Å². The maximum atomic E-state index is 12.2. The van der Waals surface area contributed by atoms with Crippen molar-refractivity contribution >= 4 is 34.2 Å². The van der Waals surface area contributed by atoms with Crippen LogP contribution in [0.4, 0.5) is 15.5 Å². The van der Waals surface area contributed by atoms with Crippen molar-refractivity contribution in [1.29, 1.82) is 0 Å². The number of hydrogen-bond donors (Lipinski definition) is 3. The van der Waals surface area contributed by atoms with Crippen molar-refractivity contribution in [3.63, 3.8) is 0 Å². The molecule has 2 rings (SSSR count). The van der Waals surface area contributed by atoms with Crippen molar-refractivity contribution in [2.24, 2.45) is 0 Å². The number of ether oxygens (including phenoxy) is 1. The molecule has 2 heterocycles. The third-order valence-electron chi connectivity index (χ3n) is 3.11. The second-order valence-corrected chi connectivity index (χ2v) is 5.70. The number of aromatic nitrogens is 2. The molecule has 0 spiro atoms. The highest BCUT2D eigenvalue weighted by atomic mass is 32.1. The van der Waals surface area contributed by atoms with E-state index in [1.165, 1.54) is 13.2 Å². The van der Waals surface area contributed by atoms with Crippen molar-refractivity contribution in [2.75, 3.05) is 31.2 Å². The summed E-state index contributed by atoms with van der Waals surface area (Å²) in [6, 6.07) is 3.21. The van der Waals surface area contributed by atoms with Gasteiger partial charge in [0, 0.05) is 13.1 Å². The second-order valence-electron chi connectivity index (χ2n) is 4.90.